The first-order chi connectivity index (χ1) is 18.1. The van der Waals surface area contributed by atoms with E-state index < -0.39 is 0 Å². The molecule has 6 rings (SSSR count). The second kappa shape index (κ2) is 10.4. The monoisotopic (exact) mass is 514 g/mol. The van der Waals surface area contributed by atoms with Crippen LogP contribution in [0.15, 0.2) is 41.8 Å². The molecule has 0 unspecified atom stereocenters. The normalized spacial score (nSPS) is 22.4. The van der Waals surface area contributed by atoms with Crippen LogP contribution in [-0.4, -0.2) is 61.1 Å². The van der Waals surface area contributed by atoms with Gasteiger partial charge in [0.25, 0.3) is 0 Å². The highest BCUT2D eigenvalue weighted by Crippen LogP contribution is 2.35. The van der Waals surface area contributed by atoms with Gasteiger partial charge in [0.2, 0.25) is 5.91 Å². The van der Waals surface area contributed by atoms with Gasteiger partial charge in [0.1, 0.15) is 0 Å². The van der Waals surface area contributed by atoms with Crippen LogP contribution in [0, 0.1) is 11.3 Å². The van der Waals surface area contributed by atoms with Gasteiger partial charge in [-0.3, -0.25) is 9.69 Å². The van der Waals surface area contributed by atoms with Crippen molar-refractivity contribution in [1.82, 2.24) is 9.80 Å². The SMILES string of the molecule is C[C@@H]1CN(c2csc3cc(C#N)ccc23)CCN1CC[C@@H]1OCCc2cc(CN3CCCC3=O)ccc21. The van der Waals surface area contributed by atoms with Gasteiger partial charge in [-0.25, -0.2) is 0 Å². The van der Waals surface area contributed by atoms with E-state index in [1.807, 2.05) is 17.0 Å². The predicted octanol–water partition coefficient (Wildman–Crippen LogP) is 5.11. The molecule has 4 heterocycles. The van der Waals surface area contributed by atoms with Crippen molar-refractivity contribution >= 4 is 33.0 Å². The molecule has 3 aliphatic heterocycles. The summed E-state index contributed by atoms with van der Waals surface area (Å²) in [5.41, 5.74) is 5.98. The minimum atomic E-state index is 0.145. The molecule has 37 heavy (non-hydrogen) atoms. The number of fused-ring (bicyclic) bond motifs is 2. The van der Waals surface area contributed by atoms with Crippen LogP contribution < -0.4 is 4.90 Å². The fourth-order valence-corrected chi connectivity index (χ4v) is 7.19. The molecule has 2 fully saturated rings. The van der Waals surface area contributed by atoms with E-state index in [-0.39, 0.29) is 12.0 Å². The maximum Gasteiger partial charge on any atom is 0.222 e. The van der Waals surface area contributed by atoms with Crippen LogP contribution in [0.3, 0.4) is 0 Å². The minimum absolute atomic E-state index is 0.145. The highest BCUT2D eigenvalue weighted by Gasteiger charge is 2.28. The Kier molecular flexibility index (Phi) is 6.90. The second-order valence-electron chi connectivity index (χ2n) is 10.6. The zero-order valence-electron chi connectivity index (χ0n) is 21.5. The van der Waals surface area contributed by atoms with Gasteiger partial charge in [-0.1, -0.05) is 24.3 Å². The second-order valence-corrected chi connectivity index (χ2v) is 11.5. The summed E-state index contributed by atoms with van der Waals surface area (Å²) in [5, 5.41) is 12.7. The van der Waals surface area contributed by atoms with Crippen molar-refractivity contribution in [3.63, 3.8) is 0 Å². The molecular weight excluding hydrogens is 480 g/mol. The molecule has 1 aromatic heterocycles. The number of hydrogen-bond donors (Lipinski definition) is 0. The molecule has 2 saturated heterocycles. The maximum atomic E-state index is 12.0. The Bertz CT molecular complexity index is 1350. The molecule has 2 atom stereocenters. The number of nitrogens with zero attached hydrogens (tertiary/aromatic N) is 4. The van der Waals surface area contributed by atoms with Crippen LogP contribution in [-0.2, 0) is 22.5 Å². The number of likely N-dealkylation sites (tertiary alicyclic amines) is 1. The zero-order valence-corrected chi connectivity index (χ0v) is 22.3. The standard InChI is InChI=1S/C30H34N4O2S/c1-21-18-33(27-20-37-29-16-22(17-31)4-7-26(27)29)13-12-32(21)11-8-28-25-6-5-23(15-24(25)9-14-36-28)19-34-10-2-3-30(34)35/h4-7,15-16,20-21,28H,2-3,8-14,18-19H2,1H3/t21-,28+/m1/s1. The van der Waals surface area contributed by atoms with E-state index in [0.29, 0.717) is 12.5 Å². The molecule has 0 spiro atoms. The quantitative estimate of drug-likeness (QED) is 0.458. The first kappa shape index (κ1) is 24.4. The lowest BCUT2D eigenvalue weighted by Gasteiger charge is -2.41. The molecule has 0 N–H and O–H groups in total. The highest BCUT2D eigenvalue weighted by molar-refractivity contribution is 7.17. The van der Waals surface area contributed by atoms with Crippen molar-refractivity contribution in [3.8, 4) is 6.07 Å². The summed E-state index contributed by atoms with van der Waals surface area (Å²) in [4.78, 5) is 19.1. The van der Waals surface area contributed by atoms with Gasteiger partial charge in [-0.05, 0) is 55.0 Å². The largest absolute Gasteiger partial charge is 0.373 e. The van der Waals surface area contributed by atoms with E-state index in [1.165, 1.54) is 32.5 Å². The van der Waals surface area contributed by atoms with Gasteiger partial charge < -0.3 is 14.5 Å². The first-order valence-corrected chi connectivity index (χ1v) is 14.4. The Balaban J connectivity index is 1.07. The molecule has 7 heteroatoms. The van der Waals surface area contributed by atoms with E-state index in [2.05, 4.69) is 52.4 Å². The average Bonchev–Trinajstić information content (AvgIpc) is 3.53. The van der Waals surface area contributed by atoms with Gasteiger partial charge in [-0.15, -0.1) is 11.3 Å². The number of rotatable bonds is 6. The third-order valence-corrected chi connectivity index (χ3v) is 9.19. The third kappa shape index (κ3) is 4.98. The summed E-state index contributed by atoms with van der Waals surface area (Å²) in [5.74, 6) is 0.286. The summed E-state index contributed by atoms with van der Waals surface area (Å²) in [6, 6.07) is 15.5. The van der Waals surface area contributed by atoms with Crippen LogP contribution in [0.5, 0.6) is 0 Å². The van der Waals surface area contributed by atoms with Crippen molar-refractivity contribution in [2.45, 2.75) is 51.3 Å². The number of nitriles is 1. The fraction of sp³-hybridized carbons (Fsp3) is 0.467. The number of carbonyl (C=O) groups is 1. The van der Waals surface area contributed by atoms with Crippen molar-refractivity contribution in [3.05, 3.63) is 64.0 Å². The third-order valence-electron chi connectivity index (χ3n) is 8.26. The van der Waals surface area contributed by atoms with Crippen molar-refractivity contribution in [1.29, 1.82) is 5.26 Å². The molecule has 0 radical (unpaired) electrons. The van der Waals surface area contributed by atoms with E-state index in [0.717, 1.165) is 70.7 Å². The molecule has 1 amide bonds. The van der Waals surface area contributed by atoms with Gasteiger partial charge in [0.05, 0.1) is 30.0 Å². The Hall–Kier alpha value is -2.92. The fourth-order valence-electron chi connectivity index (χ4n) is 6.18. The van der Waals surface area contributed by atoms with Crippen LogP contribution in [0.1, 0.15) is 54.5 Å². The molecule has 6 nitrogen and oxygen atoms in total. The van der Waals surface area contributed by atoms with Gasteiger partial charge >= 0.3 is 0 Å². The number of anilines is 1. The van der Waals surface area contributed by atoms with Crippen molar-refractivity contribution in [2.24, 2.45) is 0 Å². The molecule has 0 bridgehead atoms. The van der Waals surface area contributed by atoms with Crippen LogP contribution >= 0.6 is 11.3 Å². The lowest BCUT2D eigenvalue weighted by molar-refractivity contribution is -0.128. The Labute approximate surface area is 223 Å². The number of ether oxygens (including phenoxy) is 1. The Morgan fingerprint density at radius 3 is 2.86 bits per heavy atom. The Morgan fingerprint density at radius 1 is 1.14 bits per heavy atom. The van der Waals surface area contributed by atoms with Gasteiger partial charge in [0.15, 0.2) is 0 Å². The maximum absolute atomic E-state index is 12.0. The lowest BCUT2D eigenvalue weighted by Crippen LogP contribution is -2.52. The van der Waals surface area contributed by atoms with E-state index >= 15 is 0 Å². The molecule has 3 aromatic rings. The number of amides is 1. The lowest BCUT2D eigenvalue weighted by atomic mass is 9.93. The van der Waals surface area contributed by atoms with Crippen LogP contribution in [0.4, 0.5) is 5.69 Å². The highest BCUT2D eigenvalue weighted by atomic mass is 32.1. The zero-order chi connectivity index (χ0) is 25.4. The first-order valence-electron chi connectivity index (χ1n) is 13.5. The minimum Gasteiger partial charge on any atom is -0.373 e. The number of carbonyl (C=O) groups excluding carboxylic acids is 1. The summed E-state index contributed by atoms with van der Waals surface area (Å²) >= 11 is 1.73. The number of hydrogen-bond acceptors (Lipinski definition) is 6. The van der Waals surface area contributed by atoms with Crippen LogP contribution in [0.25, 0.3) is 10.1 Å². The smallest absolute Gasteiger partial charge is 0.222 e. The van der Waals surface area contributed by atoms with Gasteiger partial charge in [0, 0.05) is 67.2 Å². The topological polar surface area (TPSA) is 59.8 Å². The molecule has 3 aliphatic rings. The molecule has 0 aliphatic carbocycles. The number of piperazine rings is 1. The van der Waals surface area contributed by atoms with Crippen molar-refractivity contribution in [2.75, 3.05) is 44.2 Å². The summed E-state index contributed by atoms with van der Waals surface area (Å²) < 4.78 is 7.43. The van der Waals surface area contributed by atoms with E-state index in [4.69, 9.17) is 4.74 Å². The van der Waals surface area contributed by atoms with Gasteiger partial charge in [-0.2, -0.15) is 5.26 Å². The summed E-state index contributed by atoms with van der Waals surface area (Å²) in [6.07, 6.45) is 3.78. The van der Waals surface area contributed by atoms with E-state index in [1.54, 1.807) is 11.3 Å². The molecule has 2 aromatic carbocycles. The number of benzene rings is 2. The molecular formula is C30H34N4O2S. The Morgan fingerprint density at radius 2 is 2.05 bits per heavy atom. The molecule has 192 valence electrons. The molecule has 0 saturated carbocycles. The van der Waals surface area contributed by atoms with Crippen LogP contribution in [0.2, 0.25) is 0 Å². The predicted molar refractivity (Wildman–Crippen MR) is 148 cm³/mol. The summed E-state index contributed by atoms with van der Waals surface area (Å²) in [7, 11) is 0. The van der Waals surface area contributed by atoms with E-state index in [9.17, 15) is 10.1 Å². The number of thiophene rings is 1. The summed E-state index contributed by atoms with van der Waals surface area (Å²) in [6.45, 7) is 8.80. The average molecular weight is 515 g/mol. The van der Waals surface area contributed by atoms with Crippen molar-refractivity contribution < 1.29 is 9.53 Å².